The summed E-state index contributed by atoms with van der Waals surface area (Å²) in [6.07, 6.45) is 10.5. The summed E-state index contributed by atoms with van der Waals surface area (Å²) in [5.41, 5.74) is 3.34. The van der Waals surface area contributed by atoms with Crippen molar-refractivity contribution in [3.05, 3.63) is 105 Å². The monoisotopic (exact) mass is 688 g/mol. The van der Waals surface area contributed by atoms with Gasteiger partial charge >= 0.3 is 23.9 Å². The molecule has 0 heterocycles. The number of benzene rings is 1. The number of esters is 3. The lowest BCUT2D eigenvalue weighted by Crippen LogP contribution is -2.05. The highest BCUT2D eigenvalue weighted by Crippen LogP contribution is 2.22. The molecule has 278 valence electrons. The van der Waals surface area contributed by atoms with E-state index in [-0.39, 0.29) is 25.2 Å². The zero-order valence-electron chi connectivity index (χ0n) is 31.3. The number of hydrogen-bond donors (Lipinski definition) is 2. The number of aliphatic hydroxyl groups excluding tert-OH is 1. The van der Waals surface area contributed by atoms with Crippen LogP contribution in [-0.2, 0) is 33.4 Å². The third kappa shape index (κ3) is 59.4. The number of unbranched alkanes of at least 4 members (excludes halogenated alkanes) is 2. The highest BCUT2D eigenvalue weighted by atomic mass is 16.5. The molecule has 0 amide bonds. The van der Waals surface area contributed by atoms with Gasteiger partial charge in [0.05, 0.1) is 19.8 Å². The van der Waals surface area contributed by atoms with E-state index in [0.29, 0.717) is 30.6 Å². The van der Waals surface area contributed by atoms with Crippen molar-refractivity contribution in [2.45, 2.75) is 87.0 Å². The molecule has 0 atom stereocenters. The highest BCUT2D eigenvalue weighted by molar-refractivity contribution is 5.86. The van der Waals surface area contributed by atoms with E-state index in [1.807, 2.05) is 43.3 Å². The zero-order valence-corrected chi connectivity index (χ0v) is 31.3. The first-order chi connectivity index (χ1) is 22.9. The molecule has 2 N–H and O–H groups in total. The minimum Gasteiger partial charge on any atom is -0.478 e. The molecule has 1 rings (SSSR count). The van der Waals surface area contributed by atoms with Crippen molar-refractivity contribution in [3.63, 3.8) is 0 Å². The second-order valence-corrected chi connectivity index (χ2v) is 11.3. The summed E-state index contributed by atoms with van der Waals surface area (Å²) in [6, 6.07) is 10.0. The minimum absolute atomic E-state index is 0.0461. The smallest absolute Gasteiger partial charge is 0.333 e. The number of carbonyl (C=O) groups excluding carboxylic acids is 3. The van der Waals surface area contributed by atoms with Crippen molar-refractivity contribution in [2.24, 2.45) is 5.41 Å². The summed E-state index contributed by atoms with van der Waals surface area (Å²) in [7, 11) is 0. The molecule has 9 heteroatoms. The van der Waals surface area contributed by atoms with Crippen LogP contribution in [0.4, 0.5) is 0 Å². The molecule has 0 aromatic heterocycles. The first-order valence-corrected chi connectivity index (χ1v) is 16.1. The predicted molar refractivity (Wildman–Crippen MR) is 203 cm³/mol. The molecule has 0 aliphatic carbocycles. The molecule has 0 fully saturated rings. The quantitative estimate of drug-likeness (QED) is 0.0608. The predicted octanol–water partition coefficient (Wildman–Crippen LogP) is 9.10. The van der Waals surface area contributed by atoms with E-state index in [2.05, 4.69) is 83.6 Å². The fourth-order valence-electron chi connectivity index (χ4n) is 2.60. The van der Waals surface area contributed by atoms with Crippen LogP contribution in [0.1, 0.15) is 92.6 Å². The molecule has 1 aromatic carbocycles. The first-order valence-electron chi connectivity index (χ1n) is 16.1. The highest BCUT2D eigenvalue weighted by Gasteiger charge is 2.08. The van der Waals surface area contributed by atoms with Gasteiger partial charge in [0.2, 0.25) is 0 Å². The first kappa shape index (κ1) is 54.0. The molecule has 0 bridgehead atoms. The van der Waals surface area contributed by atoms with E-state index in [4.69, 9.17) is 14.9 Å². The molecule has 0 saturated heterocycles. The van der Waals surface area contributed by atoms with Crippen molar-refractivity contribution in [1.29, 1.82) is 0 Å². The van der Waals surface area contributed by atoms with Crippen LogP contribution < -0.4 is 0 Å². The van der Waals surface area contributed by atoms with Crippen LogP contribution in [0.5, 0.6) is 0 Å². The van der Waals surface area contributed by atoms with Crippen LogP contribution in [-0.4, -0.2) is 60.5 Å². The number of aliphatic carboxylic acids is 1. The van der Waals surface area contributed by atoms with Gasteiger partial charge in [-0.1, -0.05) is 122 Å². The summed E-state index contributed by atoms with van der Waals surface area (Å²) in [5, 5.41) is 15.8. The van der Waals surface area contributed by atoms with E-state index >= 15 is 0 Å². The van der Waals surface area contributed by atoms with Crippen LogP contribution in [0, 0.1) is 5.41 Å². The second-order valence-electron chi connectivity index (χ2n) is 11.3. The largest absolute Gasteiger partial charge is 0.478 e. The van der Waals surface area contributed by atoms with Gasteiger partial charge in [0, 0.05) is 36.8 Å². The van der Waals surface area contributed by atoms with Gasteiger partial charge < -0.3 is 24.4 Å². The molecule has 0 aliphatic rings. The Morgan fingerprint density at radius 3 is 1.39 bits per heavy atom. The molecule has 49 heavy (non-hydrogen) atoms. The molecule has 0 saturated carbocycles. The van der Waals surface area contributed by atoms with E-state index in [9.17, 15) is 19.2 Å². The third-order valence-corrected chi connectivity index (χ3v) is 4.74. The second kappa shape index (κ2) is 39.7. The lowest BCUT2D eigenvalue weighted by atomic mass is 9.89. The van der Waals surface area contributed by atoms with Gasteiger partial charge in [0.25, 0.3) is 0 Å². The minimum atomic E-state index is -0.981. The number of carbonyl (C=O) groups is 4. The summed E-state index contributed by atoms with van der Waals surface area (Å²) in [5.74, 6) is -2.04. The number of ether oxygens (including phenoxy) is 3. The van der Waals surface area contributed by atoms with Gasteiger partial charge in [-0.15, -0.1) is 6.58 Å². The van der Waals surface area contributed by atoms with Gasteiger partial charge in [-0.3, -0.25) is 0 Å². The number of rotatable bonds is 15. The number of hydrogen-bond acceptors (Lipinski definition) is 8. The van der Waals surface area contributed by atoms with Crippen LogP contribution in [0.15, 0.2) is 99.2 Å². The number of carboxylic acids is 1. The van der Waals surface area contributed by atoms with E-state index < -0.39 is 11.9 Å². The maximum absolute atomic E-state index is 10.7. The summed E-state index contributed by atoms with van der Waals surface area (Å²) in [4.78, 5) is 40.6. The van der Waals surface area contributed by atoms with Crippen molar-refractivity contribution in [2.75, 3.05) is 26.4 Å². The van der Waals surface area contributed by atoms with Crippen molar-refractivity contribution >= 4 is 30.0 Å². The van der Waals surface area contributed by atoms with Gasteiger partial charge in [0.15, 0.2) is 0 Å². The molecule has 1 aromatic rings. The van der Waals surface area contributed by atoms with Gasteiger partial charge in [-0.2, -0.15) is 0 Å². The fraction of sp³-hybridized carbons (Fsp3) is 0.450. The Morgan fingerprint density at radius 2 is 1.14 bits per heavy atom. The maximum atomic E-state index is 10.7. The Morgan fingerprint density at radius 1 is 0.735 bits per heavy atom. The molecular formula is C40H64O9. The lowest BCUT2D eigenvalue weighted by Gasteiger charge is -2.17. The van der Waals surface area contributed by atoms with E-state index in [1.54, 1.807) is 6.92 Å². The van der Waals surface area contributed by atoms with E-state index in [0.717, 1.165) is 44.3 Å². The van der Waals surface area contributed by atoms with Crippen molar-refractivity contribution in [1.82, 2.24) is 0 Å². The van der Waals surface area contributed by atoms with Gasteiger partial charge in [-0.05, 0) is 44.1 Å². The Kier molecular flexibility index (Phi) is 43.7. The summed E-state index contributed by atoms with van der Waals surface area (Å²) >= 11 is 0. The normalized spacial score (nSPS) is 8.90. The molecule has 0 spiro atoms. The SMILES string of the molecule is C=C(C)C(=O)OCCCC.C=C(C)CC(C)(C)C.C=CC(=O)O.C=CC(=O)OCCCC.C=CC(=O)OCCCO.C=Cc1ccccc1. The summed E-state index contributed by atoms with van der Waals surface area (Å²) in [6.45, 7) is 36.2. The standard InChI is InChI=1S/C8H14O2.C8H8.C8H16.C7H12O2.C6H10O3.C3H4O2/c1-4-5-6-10-8(9)7(2)3;1-2-8-6-4-3-5-7-8;1-7(2)6-8(3,4)5;1-3-5-6-9-7(8)4-2;1-2-6(8)9-5-3-4-7;1-2-3(4)5/h2,4-6H2,1,3H3;2-7H,1H2;1,6H2,2-5H3;4H,2-3,5-6H2,1H3;2,7H,1,3-5H2;2H,1H2,(H,4,5). The topological polar surface area (TPSA) is 136 Å². The third-order valence-electron chi connectivity index (χ3n) is 4.74. The fourth-order valence-corrected chi connectivity index (χ4v) is 2.60. The van der Waals surface area contributed by atoms with Crippen LogP contribution >= 0.6 is 0 Å². The summed E-state index contributed by atoms with van der Waals surface area (Å²) < 4.78 is 14.0. The van der Waals surface area contributed by atoms with Gasteiger partial charge in [0.1, 0.15) is 0 Å². The van der Waals surface area contributed by atoms with Gasteiger partial charge in [-0.25, -0.2) is 19.2 Å². The van der Waals surface area contributed by atoms with Crippen LogP contribution in [0.3, 0.4) is 0 Å². The molecular weight excluding hydrogens is 624 g/mol. The average molecular weight is 689 g/mol. The Bertz CT molecular complexity index is 1040. The van der Waals surface area contributed by atoms with Crippen molar-refractivity contribution < 1.29 is 43.6 Å². The average Bonchev–Trinajstić information content (AvgIpc) is 3.05. The van der Waals surface area contributed by atoms with E-state index in [1.165, 1.54) is 17.2 Å². The maximum Gasteiger partial charge on any atom is 0.333 e. The van der Waals surface area contributed by atoms with Crippen molar-refractivity contribution in [3.8, 4) is 0 Å². The molecule has 0 radical (unpaired) electrons. The number of carboxylic acid groups (broad SMARTS) is 1. The number of aliphatic hydroxyl groups is 1. The Balaban J connectivity index is -0.000000160. The van der Waals surface area contributed by atoms with Crippen LogP contribution in [0.2, 0.25) is 0 Å². The zero-order chi connectivity index (χ0) is 39.1. The van der Waals surface area contributed by atoms with Crippen LogP contribution in [0.25, 0.3) is 6.08 Å². The molecule has 0 unspecified atom stereocenters. The Hall–Kier alpha value is -4.50. The molecule has 9 nitrogen and oxygen atoms in total. The number of allylic oxidation sites excluding steroid dienone is 1. The Labute approximate surface area is 296 Å². The molecule has 0 aliphatic heterocycles. The lowest BCUT2D eigenvalue weighted by molar-refractivity contribution is -0.139.